The molecule has 1 aromatic carbocycles. The smallest absolute Gasteiger partial charge is 0.319 e. The van der Waals surface area contributed by atoms with E-state index in [1.165, 1.54) is 7.05 Å². The van der Waals surface area contributed by atoms with E-state index in [1.807, 2.05) is 6.07 Å². The lowest BCUT2D eigenvalue weighted by atomic mass is 9.91. The Morgan fingerprint density at radius 3 is 2.29 bits per heavy atom. The Hall–Kier alpha value is -2.35. The van der Waals surface area contributed by atoms with E-state index < -0.39 is 11.6 Å². The summed E-state index contributed by atoms with van der Waals surface area (Å²) >= 11 is 0. The molecule has 1 aromatic rings. The molecule has 1 heterocycles. The van der Waals surface area contributed by atoms with Gasteiger partial charge in [-0.15, -0.1) is 0 Å². The number of carbonyl (C=O) groups excluding carboxylic acids is 2. The molecule has 1 aliphatic rings. The first-order valence-electron chi connectivity index (χ1n) is 5.10. The highest BCUT2D eigenvalue weighted by atomic mass is 16.2. The number of imide groups is 1. The van der Waals surface area contributed by atoms with Gasteiger partial charge < -0.3 is 5.32 Å². The fourth-order valence-electron chi connectivity index (χ4n) is 1.85. The fourth-order valence-corrected chi connectivity index (χ4v) is 1.85. The molecule has 0 radical (unpaired) electrons. The summed E-state index contributed by atoms with van der Waals surface area (Å²) in [6.45, 7) is 1.65. The van der Waals surface area contributed by atoms with Gasteiger partial charge in [0.2, 0.25) is 0 Å². The van der Waals surface area contributed by atoms with Crippen molar-refractivity contribution in [3.8, 4) is 6.07 Å². The SMILES string of the molecule is CN1C(=O)NC(C)(c2ccc(C#N)cc2)C1=O. The molecule has 1 unspecified atom stereocenters. The summed E-state index contributed by atoms with van der Waals surface area (Å²) in [6.07, 6.45) is 0. The second kappa shape index (κ2) is 3.59. The minimum Gasteiger partial charge on any atom is -0.319 e. The maximum atomic E-state index is 12.0. The number of nitrogens with one attached hydrogen (secondary N) is 1. The zero-order valence-electron chi connectivity index (χ0n) is 9.52. The van der Waals surface area contributed by atoms with Gasteiger partial charge >= 0.3 is 6.03 Å². The van der Waals surface area contributed by atoms with Crippen LogP contribution in [0.1, 0.15) is 18.1 Å². The van der Waals surface area contributed by atoms with Gasteiger partial charge in [-0.3, -0.25) is 9.69 Å². The van der Waals surface area contributed by atoms with Gasteiger partial charge in [-0.1, -0.05) is 12.1 Å². The monoisotopic (exact) mass is 229 g/mol. The zero-order chi connectivity index (χ0) is 12.6. The Bertz CT molecular complexity index is 530. The Morgan fingerprint density at radius 2 is 1.88 bits per heavy atom. The highest BCUT2D eigenvalue weighted by Crippen LogP contribution is 2.27. The molecule has 1 N–H and O–H groups in total. The van der Waals surface area contributed by atoms with E-state index in [0.29, 0.717) is 11.1 Å². The molecule has 1 atom stereocenters. The molecule has 1 aliphatic heterocycles. The summed E-state index contributed by atoms with van der Waals surface area (Å²) in [6, 6.07) is 8.19. The van der Waals surface area contributed by atoms with E-state index in [-0.39, 0.29) is 5.91 Å². The van der Waals surface area contributed by atoms with Gasteiger partial charge in [0.05, 0.1) is 11.6 Å². The Labute approximate surface area is 98.6 Å². The van der Waals surface area contributed by atoms with Crippen molar-refractivity contribution in [2.45, 2.75) is 12.5 Å². The van der Waals surface area contributed by atoms with Crippen molar-refractivity contribution in [2.24, 2.45) is 0 Å². The van der Waals surface area contributed by atoms with Crippen molar-refractivity contribution in [3.63, 3.8) is 0 Å². The predicted molar refractivity (Wildman–Crippen MR) is 59.8 cm³/mol. The van der Waals surface area contributed by atoms with Crippen molar-refractivity contribution >= 4 is 11.9 Å². The lowest BCUT2D eigenvalue weighted by molar-refractivity contribution is -0.130. The van der Waals surface area contributed by atoms with Gasteiger partial charge in [0.15, 0.2) is 0 Å². The first-order valence-corrected chi connectivity index (χ1v) is 5.10. The minimum atomic E-state index is -1.04. The molecule has 5 heteroatoms. The number of nitrogens with zero attached hydrogens (tertiary/aromatic N) is 2. The molecule has 86 valence electrons. The number of rotatable bonds is 1. The van der Waals surface area contributed by atoms with Crippen LogP contribution in [0.15, 0.2) is 24.3 Å². The van der Waals surface area contributed by atoms with Crippen LogP contribution in [0.3, 0.4) is 0 Å². The van der Waals surface area contributed by atoms with Crippen LogP contribution in [0.4, 0.5) is 4.79 Å². The molecular formula is C12H11N3O2. The maximum absolute atomic E-state index is 12.0. The second-order valence-corrected chi connectivity index (χ2v) is 4.11. The average Bonchev–Trinajstić information content (AvgIpc) is 2.55. The lowest BCUT2D eigenvalue weighted by Gasteiger charge is -2.21. The number of likely N-dealkylation sites (N-methyl/N-ethyl adjacent to an activating group) is 1. The molecule has 0 saturated carbocycles. The maximum Gasteiger partial charge on any atom is 0.325 e. The normalized spacial score (nSPS) is 23.5. The van der Waals surface area contributed by atoms with Crippen LogP contribution in [-0.4, -0.2) is 23.9 Å². The third-order valence-corrected chi connectivity index (χ3v) is 2.99. The zero-order valence-corrected chi connectivity index (χ0v) is 9.52. The summed E-state index contributed by atoms with van der Waals surface area (Å²) in [4.78, 5) is 24.5. The minimum absolute atomic E-state index is 0.299. The molecular weight excluding hydrogens is 218 g/mol. The number of carbonyl (C=O) groups is 2. The van der Waals surface area contributed by atoms with Crippen LogP contribution in [-0.2, 0) is 10.3 Å². The Morgan fingerprint density at radius 1 is 1.29 bits per heavy atom. The summed E-state index contributed by atoms with van der Waals surface area (Å²) < 4.78 is 0. The molecule has 0 spiro atoms. The molecule has 0 bridgehead atoms. The highest BCUT2D eigenvalue weighted by molar-refractivity contribution is 6.06. The fraction of sp³-hybridized carbons (Fsp3) is 0.250. The molecule has 5 nitrogen and oxygen atoms in total. The van der Waals surface area contributed by atoms with E-state index in [4.69, 9.17) is 5.26 Å². The molecule has 3 amide bonds. The number of hydrogen-bond donors (Lipinski definition) is 1. The highest BCUT2D eigenvalue weighted by Gasteiger charge is 2.47. The number of benzene rings is 1. The van der Waals surface area contributed by atoms with Crippen molar-refractivity contribution in [3.05, 3.63) is 35.4 Å². The number of nitriles is 1. The van der Waals surface area contributed by atoms with Gasteiger partial charge in [0, 0.05) is 7.05 Å². The van der Waals surface area contributed by atoms with E-state index >= 15 is 0 Å². The van der Waals surface area contributed by atoms with E-state index in [1.54, 1.807) is 31.2 Å². The van der Waals surface area contributed by atoms with Crippen LogP contribution in [0.25, 0.3) is 0 Å². The first-order chi connectivity index (χ1) is 7.99. The van der Waals surface area contributed by atoms with Crippen LogP contribution in [0, 0.1) is 11.3 Å². The van der Waals surface area contributed by atoms with Gasteiger partial charge in [-0.2, -0.15) is 5.26 Å². The Kier molecular flexibility index (Phi) is 2.36. The standard InChI is InChI=1S/C12H11N3O2/c1-12(10(16)15(2)11(17)14-12)9-5-3-8(7-13)4-6-9/h3-6H,1-2H3,(H,14,17). The van der Waals surface area contributed by atoms with Gasteiger partial charge in [0.1, 0.15) is 5.54 Å². The van der Waals surface area contributed by atoms with Gasteiger partial charge in [-0.05, 0) is 24.6 Å². The first kappa shape index (κ1) is 11.1. The molecule has 17 heavy (non-hydrogen) atoms. The molecule has 2 rings (SSSR count). The van der Waals surface area contributed by atoms with E-state index in [0.717, 1.165) is 4.90 Å². The Balaban J connectivity index is 2.43. The molecule has 0 aliphatic carbocycles. The number of hydrogen-bond acceptors (Lipinski definition) is 3. The third kappa shape index (κ3) is 1.54. The molecule has 1 fully saturated rings. The number of urea groups is 1. The van der Waals surface area contributed by atoms with Crippen LogP contribution in [0.2, 0.25) is 0 Å². The van der Waals surface area contributed by atoms with Gasteiger partial charge in [0.25, 0.3) is 5.91 Å². The van der Waals surface area contributed by atoms with Crippen LogP contribution < -0.4 is 5.32 Å². The van der Waals surface area contributed by atoms with Crippen molar-refractivity contribution < 1.29 is 9.59 Å². The molecule has 0 aromatic heterocycles. The van der Waals surface area contributed by atoms with Crippen molar-refractivity contribution in [1.82, 2.24) is 10.2 Å². The van der Waals surface area contributed by atoms with E-state index in [9.17, 15) is 9.59 Å². The quantitative estimate of drug-likeness (QED) is 0.729. The summed E-state index contributed by atoms with van der Waals surface area (Å²) in [7, 11) is 1.44. The second-order valence-electron chi connectivity index (χ2n) is 4.11. The molecule has 1 saturated heterocycles. The predicted octanol–water partition coefficient (Wildman–Crippen LogP) is 0.955. The summed E-state index contributed by atoms with van der Waals surface area (Å²) in [5, 5.41) is 11.3. The average molecular weight is 229 g/mol. The lowest BCUT2D eigenvalue weighted by Crippen LogP contribution is -2.40. The van der Waals surface area contributed by atoms with Crippen molar-refractivity contribution in [2.75, 3.05) is 7.05 Å². The summed E-state index contributed by atoms with van der Waals surface area (Å²) in [5.41, 5.74) is 0.140. The van der Waals surface area contributed by atoms with Crippen LogP contribution in [0.5, 0.6) is 0 Å². The van der Waals surface area contributed by atoms with Gasteiger partial charge in [-0.25, -0.2) is 4.79 Å². The topological polar surface area (TPSA) is 73.2 Å². The van der Waals surface area contributed by atoms with Crippen LogP contribution >= 0.6 is 0 Å². The van der Waals surface area contributed by atoms with Crippen molar-refractivity contribution in [1.29, 1.82) is 5.26 Å². The summed E-state index contributed by atoms with van der Waals surface area (Å²) in [5.74, 6) is -0.299. The van der Waals surface area contributed by atoms with E-state index in [2.05, 4.69) is 5.32 Å². The largest absolute Gasteiger partial charge is 0.325 e. The third-order valence-electron chi connectivity index (χ3n) is 2.99. The number of amides is 3.